The third-order valence-corrected chi connectivity index (χ3v) is 6.67. The monoisotopic (exact) mass is 462 g/mol. The third-order valence-electron chi connectivity index (χ3n) is 4.63. The maximum Gasteiger partial charge on any atom is 0.312 e. The lowest BCUT2D eigenvalue weighted by Crippen LogP contribution is -2.30. The minimum atomic E-state index is -3.85. The van der Waals surface area contributed by atoms with Crippen LogP contribution < -0.4 is 9.47 Å². The van der Waals surface area contributed by atoms with Crippen LogP contribution in [0.15, 0.2) is 51.8 Å². The molecule has 11 nitrogen and oxygen atoms in total. The Bertz CT molecular complexity index is 1190. The highest BCUT2D eigenvalue weighted by molar-refractivity contribution is 7.89. The van der Waals surface area contributed by atoms with Crippen LogP contribution in [0.4, 0.5) is 5.69 Å². The Balaban J connectivity index is 1.79. The van der Waals surface area contributed by atoms with E-state index in [-0.39, 0.29) is 42.1 Å². The molecule has 0 aliphatic rings. The number of hydrogen-bond donors (Lipinski definition) is 0. The predicted molar refractivity (Wildman–Crippen MR) is 114 cm³/mol. The minimum absolute atomic E-state index is 0.102. The number of ether oxygens (including phenoxy) is 2. The number of sulfonamides is 1. The van der Waals surface area contributed by atoms with Crippen molar-refractivity contribution < 1.29 is 27.2 Å². The minimum Gasteiger partial charge on any atom is -0.497 e. The molecule has 12 heteroatoms. The number of methoxy groups -OCH3 is 1. The van der Waals surface area contributed by atoms with Crippen LogP contribution >= 0.6 is 0 Å². The van der Waals surface area contributed by atoms with Crippen molar-refractivity contribution in [1.29, 1.82) is 0 Å². The van der Waals surface area contributed by atoms with Gasteiger partial charge in [-0.25, -0.2) is 8.42 Å². The molecule has 0 bridgehead atoms. The number of rotatable bonds is 10. The molecule has 0 N–H and O–H groups in total. The number of nitro groups is 1. The van der Waals surface area contributed by atoms with Crippen LogP contribution in [0.1, 0.15) is 19.7 Å². The molecule has 1 aromatic heterocycles. The van der Waals surface area contributed by atoms with Crippen molar-refractivity contribution in [2.75, 3.05) is 20.2 Å². The molecule has 0 aliphatic carbocycles. The average molecular weight is 462 g/mol. The average Bonchev–Trinajstić information content (AvgIpc) is 3.27. The Labute approximate surface area is 184 Å². The molecule has 1 heterocycles. The summed E-state index contributed by atoms with van der Waals surface area (Å²) < 4.78 is 42.7. The molecule has 3 aromatic rings. The van der Waals surface area contributed by atoms with Crippen LogP contribution in [0, 0.1) is 10.1 Å². The second-order valence-corrected chi connectivity index (χ2v) is 8.43. The van der Waals surface area contributed by atoms with Crippen molar-refractivity contribution >= 4 is 15.7 Å². The Morgan fingerprint density at radius 3 is 2.38 bits per heavy atom. The van der Waals surface area contributed by atoms with E-state index in [4.69, 9.17) is 13.9 Å². The van der Waals surface area contributed by atoms with Crippen LogP contribution in [0.3, 0.4) is 0 Å². The van der Waals surface area contributed by atoms with Gasteiger partial charge in [0.1, 0.15) is 5.75 Å². The summed E-state index contributed by atoms with van der Waals surface area (Å²) >= 11 is 0. The fourth-order valence-electron chi connectivity index (χ4n) is 2.94. The van der Waals surface area contributed by atoms with Crippen molar-refractivity contribution in [2.24, 2.45) is 0 Å². The molecule has 0 aliphatic heterocycles. The van der Waals surface area contributed by atoms with Crippen molar-refractivity contribution in [3.63, 3.8) is 0 Å². The quantitative estimate of drug-likeness (QED) is 0.328. The molecule has 0 fully saturated rings. The zero-order valence-electron chi connectivity index (χ0n) is 17.7. The van der Waals surface area contributed by atoms with E-state index in [0.29, 0.717) is 11.3 Å². The summed E-state index contributed by atoms with van der Waals surface area (Å²) in [5, 5.41) is 19.3. The summed E-state index contributed by atoms with van der Waals surface area (Å²) in [7, 11) is -2.29. The van der Waals surface area contributed by atoms with Gasteiger partial charge in [0.05, 0.1) is 16.9 Å². The van der Waals surface area contributed by atoms with E-state index in [1.807, 2.05) is 0 Å². The smallest absolute Gasteiger partial charge is 0.312 e. The first-order valence-electron chi connectivity index (χ1n) is 9.68. The standard InChI is InChI=1S/C20H22N4O7S/c1-4-23(5-2)32(27,28)16-10-11-18(17(12-16)24(25)26)30-13-19-21-22-20(31-19)14-6-8-15(29-3)9-7-14/h6-12H,4-5,13H2,1-3H3. The van der Waals surface area contributed by atoms with E-state index in [1.165, 1.54) is 16.4 Å². The van der Waals surface area contributed by atoms with Crippen molar-refractivity contribution in [1.82, 2.24) is 14.5 Å². The molecular formula is C20H22N4O7S. The summed E-state index contributed by atoms with van der Waals surface area (Å²) in [6.07, 6.45) is 0. The summed E-state index contributed by atoms with van der Waals surface area (Å²) in [6, 6.07) is 10.5. The molecular weight excluding hydrogens is 440 g/mol. The maximum absolute atomic E-state index is 12.7. The highest BCUT2D eigenvalue weighted by Crippen LogP contribution is 2.31. The fraction of sp³-hybridized carbons (Fsp3) is 0.300. The molecule has 3 rings (SSSR count). The lowest BCUT2D eigenvalue weighted by molar-refractivity contribution is -0.386. The summed E-state index contributed by atoms with van der Waals surface area (Å²) in [4.78, 5) is 10.6. The number of hydrogen-bond acceptors (Lipinski definition) is 9. The van der Waals surface area contributed by atoms with Crippen LogP contribution in [0.5, 0.6) is 11.5 Å². The van der Waals surface area contributed by atoms with Gasteiger partial charge in [0, 0.05) is 24.7 Å². The highest BCUT2D eigenvalue weighted by atomic mass is 32.2. The van der Waals surface area contributed by atoms with E-state index in [0.717, 1.165) is 6.07 Å². The molecule has 0 unspecified atom stereocenters. The lowest BCUT2D eigenvalue weighted by atomic mass is 10.2. The van der Waals surface area contributed by atoms with E-state index >= 15 is 0 Å². The molecule has 0 atom stereocenters. The summed E-state index contributed by atoms with van der Waals surface area (Å²) in [5.41, 5.74) is 0.189. The van der Waals surface area contributed by atoms with Crippen molar-refractivity contribution in [3.8, 4) is 23.0 Å². The lowest BCUT2D eigenvalue weighted by Gasteiger charge is -2.18. The van der Waals surface area contributed by atoms with Gasteiger partial charge in [0.2, 0.25) is 15.9 Å². The largest absolute Gasteiger partial charge is 0.497 e. The molecule has 32 heavy (non-hydrogen) atoms. The van der Waals surface area contributed by atoms with Gasteiger partial charge in [-0.2, -0.15) is 4.31 Å². The molecule has 2 aromatic carbocycles. The highest BCUT2D eigenvalue weighted by Gasteiger charge is 2.26. The van der Waals surface area contributed by atoms with Gasteiger partial charge < -0.3 is 13.9 Å². The Morgan fingerprint density at radius 1 is 1.09 bits per heavy atom. The van der Waals surface area contributed by atoms with Crippen LogP contribution in [-0.4, -0.2) is 48.0 Å². The second kappa shape index (κ2) is 9.75. The molecule has 170 valence electrons. The van der Waals surface area contributed by atoms with Gasteiger partial charge in [0.15, 0.2) is 12.4 Å². The molecule has 0 saturated carbocycles. The summed E-state index contributed by atoms with van der Waals surface area (Å²) in [6.45, 7) is 3.65. The molecule has 0 spiro atoms. The number of nitrogens with zero attached hydrogens (tertiary/aromatic N) is 4. The van der Waals surface area contributed by atoms with E-state index < -0.39 is 20.6 Å². The van der Waals surface area contributed by atoms with Crippen molar-refractivity contribution in [3.05, 3.63) is 58.5 Å². The first-order chi connectivity index (χ1) is 15.3. The Kier molecular flexibility index (Phi) is 7.05. The van der Waals surface area contributed by atoms with Crippen LogP contribution in [0.2, 0.25) is 0 Å². The molecule has 0 amide bonds. The van der Waals surface area contributed by atoms with Gasteiger partial charge in [-0.05, 0) is 36.4 Å². The van der Waals surface area contributed by atoms with Gasteiger partial charge in [-0.1, -0.05) is 13.8 Å². The topological polar surface area (TPSA) is 138 Å². The normalized spacial score (nSPS) is 11.5. The van der Waals surface area contributed by atoms with Gasteiger partial charge in [-0.3, -0.25) is 10.1 Å². The first-order valence-corrected chi connectivity index (χ1v) is 11.1. The van der Waals surface area contributed by atoms with E-state index in [9.17, 15) is 18.5 Å². The van der Waals surface area contributed by atoms with E-state index in [1.54, 1.807) is 45.2 Å². The number of nitro benzene ring substituents is 1. The zero-order chi connectivity index (χ0) is 23.3. The molecule has 0 saturated heterocycles. The summed E-state index contributed by atoms with van der Waals surface area (Å²) in [5.74, 6) is 0.916. The van der Waals surface area contributed by atoms with Crippen molar-refractivity contribution in [2.45, 2.75) is 25.3 Å². The zero-order valence-corrected chi connectivity index (χ0v) is 18.5. The number of benzene rings is 2. The Hall–Kier alpha value is -3.51. The SMILES string of the molecule is CCN(CC)S(=O)(=O)c1ccc(OCc2nnc(-c3ccc(OC)cc3)o2)c([N+](=O)[O-])c1. The number of aromatic nitrogens is 2. The third kappa shape index (κ3) is 4.86. The maximum atomic E-state index is 12.7. The van der Waals surface area contributed by atoms with Crippen LogP contribution in [-0.2, 0) is 16.6 Å². The predicted octanol–water partition coefficient (Wildman–Crippen LogP) is 3.26. The molecule has 0 radical (unpaired) electrons. The Morgan fingerprint density at radius 2 is 1.78 bits per heavy atom. The second-order valence-electron chi connectivity index (χ2n) is 6.49. The van der Waals surface area contributed by atoms with Gasteiger partial charge in [-0.15, -0.1) is 10.2 Å². The van der Waals surface area contributed by atoms with Gasteiger partial charge >= 0.3 is 5.69 Å². The first kappa shape index (κ1) is 23.2. The van der Waals surface area contributed by atoms with Gasteiger partial charge in [0.25, 0.3) is 5.89 Å². The van der Waals surface area contributed by atoms with Crippen LogP contribution in [0.25, 0.3) is 11.5 Å². The fourth-order valence-corrected chi connectivity index (χ4v) is 4.42. The van der Waals surface area contributed by atoms with E-state index in [2.05, 4.69) is 10.2 Å².